The highest BCUT2D eigenvalue weighted by Crippen LogP contribution is 2.16. The maximum Gasteiger partial charge on any atom is 0.224 e. The summed E-state index contributed by atoms with van der Waals surface area (Å²) in [5.74, 6) is 0.625. The molecule has 23 heavy (non-hydrogen) atoms. The number of amides is 1. The van der Waals surface area contributed by atoms with Crippen molar-refractivity contribution in [3.63, 3.8) is 0 Å². The molecule has 3 heterocycles. The van der Waals surface area contributed by atoms with Crippen molar-refractivity contribution in [3.05, 3.63) is 30.4 Å². The second-order valence-electron chi connectivity index (χ2n) is 5.60. The molecule has 0 unspecified atom stereocenters. The van der Waals surface area contributed by atoms with Crippen molar-refractivity contribution in [3.8, 4) is 5.75 Å². The van der Waals surface area contributed by atoms with Crippen LogP contribution in [0.2, 0.25) is 0 Å². The van der Waals surface area contributed by atoms with Gasteiger partial charge in [-0.05, 0) is 12.5 Å². The highest BCUT2D eigenvalue weighted by molar-refractivity contribution is 5.78. The van der Waals surface area contributed by atoms with Crippen molar-refractivity contribution in [2.45, 2.75) is 32.0 Å². The van der Waals surface area contributed by atoms with Crippen LogP contribution in [-0.2, 0) is 29.5 Å². The van der Waals surface area contributed by atoms with Crippen molar-refractivity contribution >= 4 is 5.91 Å². The summed E-state index contributed by atoms with van der Waals surface area (Å²) in [5.41, 5.74) is 0.880. The van der Waals surface area contributed by atoms with E-state index in [0.29, 0.717) is 25.4 Å². The van der Waals surface area contributed by atoms with Crippen LogP contribution in [0.25, 0.3) is 0 Å². The van der Waals surface area contributed by atoms with Gasteiger partial charge in [0.2, 0.25) is 5.91 Å². The Hall–Kier alpha value is -2.35. The quantitative estimate of drug-likeness (QED) is 0.819. The molecule has 0 bridgehead atoms. The molecular formula is C15H21N5O3. The van der Waals surface area contributed by atoms with Gasteiger partial charge in [-0.15, -0.1) is 0 Å². The van der Waals surface area contributed by atoms with E-state index >= 15 is 0 Å². The van der Waals surface area contributed by atoms with E-state index in [2.05, 4.69) is 15.5 Å². The Morgan fingerprint density at radius 2 is 2.26 bits per heavy atom. The zero-order valence-corrected chi connectivity index (χ0v) is 13.3. The van der Waals surface area contributed by atoms with E-state index in [1.807, 2.05) is 26.4 Å². The van der Waals surface area contributed by atoms with Gasteiger partial charge in [0, 0.05) is 19.8 Å². The molecule has 0 aromatic carbocycles. The standard InChI is InChI=1S/C15H21N5O3/c1-3-20-8-12(6-17-20)23-14-10-22-9-13(14)18-15(21)4-11-5-16-19(2)7-11/h5-8,13-14H,3-4,9-10H2,1-2H3,(H,18,21)/t13-,14+/m0/s1. The lowest BCUT2D eigenvalue weighted by molar-refractivity contribution is -0.121. The van der Waals surface area contributed by atoms with Crippen molar-refractivity contribution in [2.24, 2.45) is 7.05 Å². The molecule has 1 fully saturated rings. The van der Waals surface area contributed by atoms with Gasteiger partial charge < -0.3 is 14.8 Å². The highest BCUT2D eigenvalue weighted by atomic mass is 16.5. The van der Waals surface area contributed by atoms with Crippen LogP contribution in [-0.4, -0.2) is 50.8 Å². The van der Waals surface area contributed by atoms with Crippen LogP contribution in [0, 0.1) is 0 Å². The fourth-order valence-electron chi connectivity index (χ4n) is 2.54. The Bertz CT molecular complexity index is 666. The van der Waals surface area contributed by atoms with Crippen molar-refractivity contribution in [1.82, 2.24) is 24.9 Å². The lowest BCUT2D eigenvalue weighted by Crippen LogP contribution is -2.45. The van der Waals surface area contributed by atoms with Crippen LogP contribution >= 0.6 is 0 Å². The van der Waals surface area contributed by atoms with E-state index in [4.69, 9.17) is 9.47 Å². The molecule has 1 aliphatic rings. The summed E-state index contributed by atoms with van der Waals surface area (Å²) in [5, 5.41) is 11.2. The van der Waals surface area contributed by atoms with Crippen LogP contribution in [0.1, 0.15) is 12.5 Å². The van der Waals surface area contributed by atoms with Gasteiger partial charge in [-0.1, -0.05) is 0 Å². The number of carbonyl (C=O) groups is 1. The predicted octanol–water partition coefficient (Wildman–Crippen LogP) is 0.142. The lowest BCUT2D eigenvalue weighted by Gasteiger charge is -2.19. The fraction of sp³-hybridized carbons (Fsp3) is 0.533. The molecular weight excluding hydrogens is 298 g/mol. The SMILES string of the molecule is CCn1cc(O[C@@H]2COC[C@@H]2NC(=O)Cc2cnn(C)c2)cn1. The van der Waals surface area contributed by atoms with E-state index in [-0.39, 0.29) is 18.1 Å². The smallest absolute Gasteiger partial charge is 0.224 e. The molecule has 8 nitrogen and oxygen atoms in total. The molecule has 0 spiro atoms. The molecule has 1 N–H and O–H groups in total. The summed E-state index contributed by atoms with van der Waals surface area (Å²) in [6.07, 6.45) is 7.13. The third-order valence-electron chi connectivity index (χ3n) is 3.72. The maximum atomic E-state index is 12.2. The molecule has 0 saturated carbocycles. The van der Waals surface area contributed by atoms with Gasteiger partial charge in [0.1, 0.15) is 6.10 Å². The van der Waals surface area contributed by atoms with Gasteiger partial charge in [-0.25, -0.2) is 0 Å². The molecule has 1 saturated heterocycles. The predicted molar refractivity (Wildman–Crippen MR) is 82.0 cm³/mol. The van der Waals surface area contributed by atoms with Gasteiger partial charge in [-0.2, -0.15) is 10.2 Å². The van der Waals surface area contributed by atoms with Crippen LogP contribution in [0.3, 0.4) is 0 Å². The molecule has 3 rings (SSSR count). The van der Waals surface area contributed by atoms with Gasteiger partial charge in [-0.3, -0.25) is 14.2 Å². The minimum absolute atomic E-state index is 0.0636. The summed E-state index contributed by atoms with van der Waals surface area (Å²) >= 11 is 0. The minimum Gasteiger partial charge on any atom is -0.482 e. The highest BCUT2D eigenvalue weighted by Gasteiger charge is 2.31. The average molecular weight is 319 g/mol. The summed E-state index contributed by atoms with van der Waals surface area (Å²) in [4.78, 5) is 12.2. The maximum absolute atomic E-state index is 12.2. The zero-order valence-electron chi connectivity index (χ0n) is 13.3. The van der Waals surface area contributed by atoms with Gasteiger partial charge >= 0.3 is 0 Å². The second-order valence-corrected chi connectivity index (χ2v) is 5.60. The number of rotatable bonds is 6. The molecule has 2 atom stereocenters. The second kappa shape index (κ2) is 6.82. The van der Waals surface area contributed by atoms with E-state index in [9.17, 15) is 4.79 Å². The third kappa shape index (κ3) is 3.89. The first-order valence-electron chi connectivity index (χ1n) is 7.67. The molecule has 0 radical (unpaired) electrons. The number of ether oxygens (including phenoxy) is 2. The normalized spacial score (nSPS) is 20.6. The molecule has 1 aliphatic heterocycles. The zero-order chi connectivity index (χ0) is 16.2. The third-order valence-corrected chi connectivity index (χ3v) is 3.72. The number of hydrogen-bond donors (Lipinski definition) is 1. The summed E-state index contributed by atoms with van der Waals surface area (Å²) < 4.78 is 14.8. The first-order valence-corrected chi connectivity index (χ1v) is 7.67. The van der Waals surface area contributed by atoms with Crippen LogP contribution < -0.4 is 10.1 Å². The average Bonchev–Trinajstić information content (AvgIpc) is 3.23. The molecule has 1 amide bonds. The van der Waals surface area contributed by atoms with Crippen LogP contribution in [0.4, 0.5) is 0 Å². The lowest BCUT2D eigenvalue weighted by atomic mass is 10.2. The Labute approximate surface area is 134 Å². The summed E-state index contributed by atoms with van der Waals surface area (Å²) in [6, 6.07) is -0.163. The number of hydrogen-bond acceptors (Lipinski definition) is 5. The van der Waals surface area contributed by atoms with Gasteiger partial charge in [0.05, 0.1) is 44.3 Å². The van der Waals surface area contributed by atoms with Gasteiger partial charge in [0.15, 0.2) is 5.75 Å². The topological polar surface area (TPSA) is 83.2 Å². The summed E-state index contributed by atoms with van der Waals surface area (Å²) in [7, 11) is 1.83. The van der Waals surface area contributed by atoms with Crippen molar-refractivity contribution < 1.29 is 14.3 Å². The Morgan fingerprint density at radius 3 is 2.96 bits per heavy atom. The molecule has 124 valence electrons. The van der Waals surface area contributed by atoms with E-state index in [1.165, 1.54) is 0 Å². The van der Waals surface area contributed by atoms with E-state index in [0.717, 1.165) is 12.1 Å². The first-order chi connectivity index (χ1) is 11.1. The minimum atomic E-state index is -0.206. The number of aromatic nitrogens is 4. The Balaban J connectivity index is 1.54. The Morgan fingerprint density at radius 1 is 1.39 bits per heavy atom. The molecule has 2 aromatic heterocycles. The number of nitrogens with zero attached hydrogens (tertiary/aromatic N) is 4. The summed E-state index contributed by atoms with van der Waals surface area (Å²) in [6.45, 7) is 3.70. The first kappa shape index (κ1) is 15.5. The monoisotopic (exact) mass is 319 g/mol. The molecule has 8 heteroatoms. The van der Waals surface area contributed by atoms with Gasteiger partial charge in [0.25, 0.3) is 0 Å². The largest absolute Gasteiger partial charge is 0.482 e. The number of carbonyl (C=O) groups excluding carboxylic acids is 1. The molecule has 0 aliphatic carbocycles. The molecule has 2 aromatic rings. The number of nitrogens with one attached hydrogen (secondary N) is 1. The van der Waals surface area contributed by atoms with Crippen molar-refractivity contribution in [1.29, 1.82) is 0 Å². The van der Waals surface area contributed by atoms with Crippen LogP contribution in [0.15, 0.2) is 24.8 Å². The number of aryl methyl sites for hydroxylation is 2. The van der Waals surface area contributed by atoms with Crippen molar-refractivity contribution in [2.75, 3.05) is 13.2 Å². The van der Waals surface area contributed by atoms with E-state index < -0.39 is 0 Å². The van der Waals surface area contributed by atoms with E-state index in [1.54, 1.807) is 21.8 Å². The Kier molecular flexibility index (Phi) is 4.61. The van der Waals surface area contributed by atoms with Crippen LogP contribution in [0.5, 0.6) is 5.75 Å². The fourth-order valence-corrected chi connectivity index (χ4v) is 2.54.